The van der Waals surface area contributed by atoms with Gasteiger partial charge in [0.1, 0.15) is 12.4 Å². The van der Waals surface area contributed by atoms with Crippen LogP contribution in [0.3, 0.4) is 0 Å². The zero-order valence-electron chi connectivity index (χ0n) is 25.7. The number of hydrogen-bond acceptors (Lipinski definition) is 6. The summed E-state index contributed by atoms with van der Waals surface area (Å²) in [5.74, 6) is 0.748. The minimum Gasteiger partial charge on any atom is -0.497 e. The van der Waals surface area contributed by atoms with E-state index in [2.05, 4.69) is 17.4 Å². The first-order valence-corrected chi connectivity index (χ1v) is 15.6. The first-order chi connectivity index (χ1) is 21.1. The first-order valence-electron chi connectivity index (χ1n) is 15.6. The number of unbranched alkanes of at least 4 members (excludes halogenated alkanes) is 2. The van der Waals surface area contributed by atoms with Gasteiger partial charge in [-0.05, 0) is 55.0 Å². The van der Waals surface area contributed by atoms with Crippen molar-refractivity contribution < 1.29 is 19.1 Å². The summed E-state index contributed by atoms with van der Waals surface area (Å²) < 4.78 is 11.0. The summed E-state index contributed by atoms with van der Waals surface area (Å²) in [7, 11) is 1.66. The fourth-order valence-corrected chi connectivity index (χ4v) is 5.32. The third-order valence-electron chi connectivity index (χ3n) is 7.71. The summed E-state index contributed by atoms with van der Waals surface area (Å²) in [5, 5.41) is 5.45. The van der Waals surface area contributed by atoms with Crippen molar-refractivity contribution in [1.82, 2.24) is 15.4 Å². The molecule has 8 nitrogen and oxygen atoms in total. The highest BCUT2D eigenvalue weighted by atomic mass is 16.6. The Balaban J connectivity index is 1.39. The van der Waals surface area contributed by atoms with Crippen LogP contribution in [0.2, 0.25) is 0 Å². The molecule has 1 aliphatic heterocycles. The lowest BCUT2D eigenvalue weighted by Crippen LogP contribution is -2.50. The molecule has 0 atom stereocenters. The van der Waals surface area contributed by atoms with Crippen LogP contribution in [0.25, 0.3) is 11.1 Å². The minimum absolute atomic E-state index is 0.0138. The van der Waals surface area contributed by atoms with Gasteiger partial charge in [0.2, 0.25) is 5.91 Å². The van der Waals surface area contributed by atoms with Gasteiger partial charge >= 0.3 is 6.09 Å². The summed E-state index contributed by atoms with van der Waals surface area (Å²) in [6.07, 6.45) is 6.65. The Hall–Kier alpha value is -3.88. The lowest BCUT2D eigenvalue weighted by Gasteiger charge is -2.37. The molecular formula is C35H46N4O4. The molecule has 3 aromatic carbocycles. The van der Waals surface area contributed by atoms with E-state index in [1.165, 1.54) is 0 Å². The van der Waals surface area contributed by atoms with Gasteiger partial charge in [-0.15, -0.1) is 0 Å². The topological polar surface area (TPSA) is 74.3 Å². The van der Waals surface area contributed by atoms with Crippen LogP contribution in [-0.2, 0) is 16.0 Å². The average Bonchev–Trinajstić information content (AvgIpc) is 3.05. The molecule has 0 spiro atoms. The van der Waals surface area contributed by atoms with E-state index < -0.39 is 6.09 Å². The summed E-state index contributed by atoms with van der Waals surface area (Å²) >= 11 is 0. The van der Waals surface area contributed by atoms with E-state index in [-0.39, 0.29) is 18.9 Å². The SMILES string of the molecule is CCCCCN(NCCc1ccc(OC)cc1)C(=O)CCOC(=O)N(c1ccccc1-c1ccccc1)N1CCCCC1. The minimum atomic E-state index is -0.455. The van der Waals surface area contributed by atoms with Crippen LogP contribution in [0.5, 0.6) is 5.75 Å². The Bertz CT molecular complexity index is 1260. The van der Waals surface area contributed by atoms with Gasteiger partial charge in [-0.3, -0.25) is 9.80 Å². The predicted octanol–water partition coefficient (Wildman–Crippen LogP) is 6.86. The number of piperidine rings is 1. The van der Waals surface area contributed by atoms with Crippen LogP contribution in [-0.4, -0.2) is 61.9 Å². The molecule has 8 heteroatoms. The molecule has 1 aliphatic rings. The molecule has 1 N–H and O–H groups in total. The standard InChI is InChI=1S/C35H46N4O4/c1-3-4-11-27-38(36-24-22-29-18-20-31(42-2)21-19-29)34(40)23-28-43-35(41)39(37-25-12-6-13-26-37)33-17-10-9-16-32(33)30-14-7-5-8-15-30/h5,7-10,14-21,36H,3-4,6,11-13,22-28H2,1-2H3. The van der Waals surface area contributed by atoms with E-state index >= 15 is 0 Å². The number of anilines is 1. The smallest absolute Gasteiger partial charge is 0.429 e. The second kappa shape index (κ2) is 17.3. The highest BCUT2D eigenvalue weighted by Crippen LogP contribution is 2.33. The molecule has 43 heavy (non-hydrogen) atoms. The normalized spacial score (nSPS) is 13.3. The van der Waals surface area contributed by atoms with Crippen molar-refractivity contribution in [2.45, 2.75) is 58.3 Å². The van der Waals surface area contributed by atoms with Crippen LogP contribution in [0.15, 0.2) is 78.9 Å². The molecule has 0 radical (unpaired) electrons. The highest BCUT2D eigenvalue weighted by Gasteiger charge is 2.28. The van der Waals surface area contributed by atoms with E-state index in [0.29, 0.717) is 13.1 Å². The summed E-state index contributed by atoms with van der Waals surface area (Å²) in [6.45, 7) is 4.96. The van der Waals surface area contributed by atoms with Crippen molar-refractivity contribution in [1.29, 1.82) is 0 Å². The monoisotopic (exact) mass is 586 g/mol. The van der Waals surface area contributed by atoms with Crippen LogP contribution in [0.1, 0.15) is 57.4 Å². The quantitative estimate of drug-likeness (QED) is 0.155. The largest absolute Gasteiger partial charge is 0.497 e. The maximum Gasteiger partial charge on any atom is 0.429 e. The Labute approximate surface area is 256 Å². The van der Waals surface area contributed by atoms with Gasteiger partial charge in [-0.25, -0.2) is 20.2 Å². The number of methoxy groups -OCH3 is 1. The number of para-hydroxylation sites is 1. The fourth-order valence-electron chi connectivity index (χ4n) is 5.32. The number of amides is 2. The number of hydrogen-bond donors (Lipinski definition) is 1. The maximum atomic E-state index is 13.7. The van der Waals surface area contributed by atoms with E-state index in [4.69, 9.17) is 9.47 Å². The maximum absolute atomic E-state index is 13.7. The van der Waals surface area contributed by atoms with Crippen molar-refractivity contribution in [3.63, 3.8) is 0 Å². The highest BCUT2D eigenvalue weighted by molar-refractivity contribution is 5.93. The summed E-state index contributed by atoms with van der Waals surface area (Å²) in [6, 6.07) is 26.0. The average molecular weight is 587 g/mol. The predicted molar refractivity (Wildman–Crippen MR) is 172 cm³/mol. The first kappa shape index (κ1) is 32.0. The van der Waals surface area contributed by atoms with Gasteiger partial charge < -0.3 is 9.47 Å². The summed E-state index contributed by atoms with van der Waals surface area (Å²) in [4.78, 5) is 26.9. The molecule has 3 aromatic rings. The Kier molecular flexibility index (Phi) is 12.9. The van der Waals surface area contributed by atoms with Gasteiger partial charge in [-0.1, -0.05) is 86.8 Å². The molecule has 1 fully saturated rings. The van der Waals surface area contributed by atoms with Crippen molar-refractivity contribution in [2.24, 2.45) is 0 Å². The molecule has 4 rings (SSSR count). The lowest BCUT2D eigenvalue weighted by molar-refractivity contribution is -0.135. The van der Waals surface area contributed by atoms with Crippen LogP contribution in [0, 0.1) is 0 Å². The van der Waals surface area contributed by atoms with Gasteiger partial charge in [0.15, 0.2) is 0 Å². The number of carbonyl (C=O) groups excluding carboxylic acids is 2. The Morgan fingerprint density at radius 1 is 0.884 bits per heavy atom. The van der Waals surface area contributed by atoms with Crippen molar-refractivity contribution in [3.05, 3.63) is 84.4 Å². The van der Waals surface area contributed by atoms with Gasteiger partial charge in [0.25, 0.3) is 0 Å². The van der Waals surface area contributed by atoms with Crippen LogP contribution < -0.4 is 15.2 Å². The molecule has 1 heterocycles. The van der Waals surface area contributed by atoms with Gasteiger partial charge in [0, 0.05) is 31.7 Å². The second-order valence-electron chi connectivity index (χ2n) is 10.8. The number of nitrogens with zero attached hydrogens (tertiary/aromatic N) is 3. The molecule has 1 saturated heterocycles. The fraction of sp³-hybridized carbons (Fsp3) is 0.429. The zero-order chi connectivity index (χ0) is 30.3. The lowest BCUT2D eigenvalue weighted by atomic mass is 10.0. The van der Waals surface area contributed by atoms with E-state index in [1.54, 1.807) is 17.1 Å². The molecule has 0 aliphatic carbocycles. The number of carbonyl (C=O) groups is 2. The second-order valence-corrected chi connectivity index (χ2v) is 10.8. The van der Waals surface area contributed by atoms with Crippen LogP contribution in [0.4, 0.5) is 10.5 Å². The van der Waals surface area contributed by atoms with E-state index in [0.717, 1.165) is 86.2 Å². The summed E-state index contributed by atoms with van der Waals surface area (Å²) in [5.41, 5.74) is 7.26. The van der Waals surface area contributed by atoms with E-state index in [1.807, 2.05) is 78.9 Å². The van der Waals surface area contributed by atoms with Crippen molar-refractivity contribution in [2.75, 3.05) is 44.9 Å². The van der Waals surface area contributed by atoms with Gasteiger partial charge in [0.05, 0.1) is 19.2 Å². The molecular weight excluding hydrogens is 540 g/mol. The molecule has 2 amide bonds. The molecule has 0 saturated carbocycles. The third-order valence-corrected chi connectivity index (χ3v) is 7.71. The number of nitrogens with one attached hydrogen (secondary N) is 1. The number of ether oxygens (including phenoxy) is 2. The molecule has 0 unspecified atom stereocenters. The number of benzene rings is 3. The van der Waals surface area contributed by atoms with Crippen molar-refractivity contribution >= 4 is 17.7 Å². The molecule has 230 valence electrons. The van der Waals surface area contributed by atoms with Gasteiger partial charge in [-0.2, -0.15) is 0 Å². The molecule has 0 aromatic heterocycles. The molecule has 0 bridgehead atoms. The Morgan fingerprint density at radius 2 is 1.60 bits per heavy atom. The number of hydrazine groups is 2. The third kappa shape index (κ3) is 9.56. The number of rotatable bonds is 15. The van der Waals surface area contributed by atoms with Crippen molar-refractivity contribution in [3.8, 4) is 16.9 Å². The van der Waals surface area contributed by atoms with E-state index in [9.17, 15) is 9.59 Å². The Morgan fingerprint density at radius 3 is 2.33 bits per heavy atom. The zero-order valence-corrected chi connectivity index (χ0v) is 25.7. The van der Waals surface area contributed by atoms with Crippen LogP contribution >= 0.6 is 0 Å².